The summed E-state index contributed by atoms with van der Waals surface area (Å²) in [6.07, 6.45) is 4.15. The summed E-state index contributed by atoms with van der Waals surface area (Å²) in [5.74, 6) is -0.789. The van der Waals surface area contributed by atoms with Crippen molar-refractivity contribution in [2.75, 3.05) is 35.6 Å². The SMILES string of the molecule is Nc1ncnc(N2CCC[C@@H](N3CCCC(Nc4ccccc4S(=O)(=O)c4ccccc4)C3=O)C2)c1F. The molecule has 1 unspecified atom stereocenters. The molecule has 3 aromatic rings. The maximum absolute atomic E-state index is 14.6. The van der Waals surface area contributed by atoms with Crippen molar-refractivity contribution < 1.29 is 17.6 Å². The third-order valence-corrected chi connectivity index (χ3v) is 8.80. The van der Waals surface area contributed by atoms with Gasteiger partial charge in [-0.15, -0.1) is 0 Å². The van der Waals surface area contributed by atoms with Crippen LogP contribution in [-0.4, -0.2) is 60.9 Å². The zero-order valence-electron chi connectivity index (χ0n) is 20.3. The number of amides is 1. The van der Waals surface area contributed by atoms with Gasteiger partial charge < -0.3 is 20.9 Å². The number of nitrogens with two attached hydrogens (primary N) is 1. The molecule has 11 heteroatoms. The van der Waals surface area contributed by atoms with Gasteiger partial charge in [0.2, 0.25) is 21.6 Å². The van der Waals surface area contributed by atoms with Gasteiger partial charge in [-0.2, -0.15) is 4.39 Å². The van der Waals surface area contributed by atoms with Crippen molar-refractivity contribution >= 4 is 33.1 Å². The van der Waals surface area contributed by atoms with Crippen molar-refractivity contribution in [1.82, 2.24) is 14.9 Å². The summed E-state index contributed by atoms with van der Waals surface area (Å²) >= 11 is 0. The molecule has 5 rings (SSSR count). The van der Waals surface area contributed by atoms with E-state index in [4.69, 9.17) is 5.73 Å². The number of halogens is 1. The van der Waals surface area contributed by atoms with Crippen LogP contribution in [0.5, 0.6) is 0 Å². The van der Waals surface area contributed by atoms with E-state index in [0.29, 0.717) is 31.7 Å². The van der Waals surface area contributed by atoms with Gasteiger partial charge in [0.05, 0.1) is 15.5 Å². The quantitative estimate of drug-likeness (QED) is 0.505. The number of nitrogens with zero attached hydrogens (tertiary/aromatic N) is 4. The van der Waals surface area contributed by atoms with E-state index >= 15 is 0 Å². The molecule has 2 aromatic carbocycles. The Balaban J connectivity index is 1.35. The predicted octanol–water partition coefficient (Wildman–Crippen LogP) is 3.10. The number of rotatable bonds is 6. The molecule has 1 aromatic heterocycles. The molecule has 0 saturated carbocycles. The van der Waals surface area contributed by atoms with Crippen molar-refractivity contribution in [3.63, 3.8) is 0 Å². The molecule has 2 saturated heterocycles. The smallest absolute Gasteiger partial charge is 0.245 e. The van der Waals surface area contributed by atoms with E-state index in [1.165, 1.54) is 6.33 Å². The number of anilines is 3. The molecule has 0 aliphatic carbocycles. The minimum atomic E-state index is -3.77. The first-order chi connectivity index (χ1) is 17.9. The number of hydrogen-bond donors (Lipinski definition) is 2. The van der Waals surface area contributed by atoms with Gasteiger partial charge in [0.15, 0.2) is 11.6 Å². The van der Waals surface area contributed by atoms with E-state index in [1.807, 2.05) is 9.80 Å². The molecule has 2 aliphatic heterocycles. The highest BCUT2D eigenvalue weighted by atomic mass is 32.2. The van der Waals surface area contributed by atoms with Crippen LogP contribution in [0.15, 0.2) is 70.7 Å². The Labute approximate surface area is 215 Å². The molecule has 9 nitrogen and oxygen atoms in total. The number of piperidine rings is 2. The lowest BCUT2D eigenvalue weighted by molar-refractivity contribution is -0.137. The van der Waals surface area contributed by atoms with Crippen molar-refractivity contribution in [1.29, 1.82) is 0 Å². The highest BCUT2D eigenvalue weighted by Crippen LogP contribution is 2.31. The Morgan fingerprint density at radius 1 is 0.973 bits per heavy atom. The summed E-state index contributed by atoms with van der Waals surface area (Å²) in [6.45, 7) is 1.64. The summed E-state index contributed by atoms with van der Waals surface area (Å²) in [6, 6.07) is 14.2. The van der Waals surface area contributed by atoms with Crippen LogP contribution >= 0.6 is 0 Å². The van der Waals surface area contributed by atoms with Gasteiger partial charge in [-0.05, 0) is 49.9 Å². The van der Waals surface area contributed by atoms with Crippen LogP contribution < -0.4 is 16.0 Å². The van der Waals surface area contributed by atoms with Crippen molar-refractivity contribution in [2.24, 2.45) is 0 Å². The molecule has 1 amide bonds. The van der Waals surface area contributed by atoms with Crippen LogP contribution in [0, 0.1) is 5.82 Å². The lowest BCUT2D eigenvalue weighted by Gasteiger charge is -2.43. The second-order valence-electron chi connectivity index (χ2n) is 9.32. The normalized spacial score (nSPS) is 20.6. The highest BCUT2D eigenvalue weighted by molar-refractivity contribution is 7.91. The Hall–Kier alpha value is -3.73. The monoisotopic (exact) mass is 524 g/mol. The second kappa shape index (κ2) is 10.3. The largest absolute Gasteiger partial charge is 0.381 e. The second-order valence-corrected chi connectivity index (χ2v) is 11.2. The van der Waals surface area contributed by atoms with Crippen LogP contribution in [0.4, 0.5) is 21.7 Å². The van der Waals surface area contributed by atoms with E-state index in [2.05, 4.69) is 15.3 Å². The molecule has 2 aliphatic rings. The van der Waals surface area contributed by atoms with Gasteiger partial charge in [0, 0.05) is 25.7 Å². The Kier molecular flexibility index (Phi) is 6.96. The number of aromatic nitrogens is 2. The summed E-state index contributed by atoms with van der Waals surface area (Å²) in [7, 11) is -3.77. The van der Waals surface area contributed by atoms with Gasteiger partial charge in [0.1, 0.15) is 12.4 Å². The third-order valence-electron chi connectivity index (χ3n) is 6.97. The van der Waals surface area contributed by atoms with E-state index in [-0.39, 0.29) is 33.4 Å². The standard InChI is InChI=1S/C26H29FN6O3S/c27-23-24(28)29-17-30-25(23)32-14-6-8-18(16-32)33-15-7-12-21(26(33)34)31-20-11-4-5-13-22(20)37(35,36)19-9-2-1-3-10-19/h1-5,9-11,13,17-18,21,31H,6-8,12,14-16H2,(H2,28,29,30)/t18-,21?/m1/s1. The molecule has 0 bridgehead atoms. The van der Waals surface area contributed by atoms with Crippen molar-refractivity contribution in [2.45, 2.75) is 47.6 Å². The fraction of sp³-hybridized carbons (Fsp3) is 0.346. The number of carbonyl (C=O) groups is 1. The fourth-order valence-corrected chi connectivity index (χ4v) is 6.57. The molecular weight excluding hydrogens is 495 g/mol. The lowest BCUT2D eigenvalue weighted by Crippen LogP contribution is -2.56. The maximum atomic E-state index is 14.6. The number of para-hydroxylation sites is 1. The average molecular weight is 525 g/mol. The Morgan fingerprint density at radius 2 is 1.70 bits per heavy atom. The summed E-state index contributed by atoms with van der Waals surface area (Å²) in [5, 5.41) is 3.22. The Morgan fingerprint density at radius 3 is 2.51 bits per heavy atom. The van der Waals surface area contributed by atoms with Crippen molar-refractivity contribution in [3.8, 4) is 0 Å². The molecule has 2 atom stereocenters. The third kappa shape index (κ3) is 4.95. The zero-order chi connectivity index (χ0) is 26.0. The average Bonchev–Trinajstić information content (AvgIpc) is 2.92. The van der Waals surface area contributed by atoms with E-state index in [9.17, 15) is 17.6 Å². The lowest BCUT2D eigenvalue weighted by atomic mass is 9.97. The van der Waals surface area contributed by atoms with E-state index < -0.39 is 21.7 Å². The van der Waals surface area contributed by atoms with Crippen LogP contribution in [0.1, 0.15) is 25.7 Å². The van der Waals surface area contributed by atoms with Gasteiger partial charge in [-0.1, -0.05) is 30.3 Å². The summed E-state index contributed by atoms with van der Waals surface area (Å²) in [4.78, 5) is 25.4. The fourth-order valence-electron chi connectivity index (χ4n) is 5.13. The number of nitrogens with one attached hydrogen (secondary N) is 1. The maximum Gasteiger partial charge on any atom is 0.245 e. The molecule has 194 valence electrons. The topological polar surface area (TPSA) is 122 Å². The minimum absolute atomic E-state index is 0.0901. The first-order valence-electron chi connectivity index (χ1n) is 12.3. The number of hydrogen-bond acceptors (Lipinski definition) is 8. The Bertz CT molecular complexity index is 1390. The van der Waals surface area contributed by atoms with E-state index in [1.54, 1.807) is 54.6 Å². The molecule has 3 heterocycles. The van der Waals surface area contributed by atoms with E-state index in [0.717, 1.165) is 19.3 Å². The van der Waals surface area contributed by atoms with Gasteiger partial charge in [-0.25, -0.2) is 18.4 Å². The van der Waals surface area contributed by atoms with Crippen LogP contribution in [0.2, 0.25) is 0 Å². The first kappa shape index (κ1) is 24.9. The van der Waals surface area contributed by atoms with Gasteiger partial charge >= 0.3 is 0 Å². The molecular formula is C26H29FN6O3S. The van der Waals surface area contributed by atoms with Crippen LogP contribution in [-0.2, 0) is 14.6 Å². The van der Waals surface area contributed by atoms with Crippen LogP contribution in [0.25, 0.3) is 0 Å². The van der Waals surface area contributed by atoms with Gasteiger partial charge in [-0.3, -0.25) is 4.79 Å². The number of nitrogen functional groups attached to an aromatic ring is 1. The van der Waals surface area contributed by atoms with Crippen LogP contribution in [0.3, 0.4) is 0 Å². The zero-order valence-corrected chi connectivity index (χ0v) is 21.1. The summed E-state index contributed by atoms with van der Waals surface area (Å²) < 4.78 is 41.2. The molecule has 37 heavy (non-hydrogen) atoms. The highest BCUT2D eigenvalue weighted by Gasteiger charge is 2.36. The molecule has 2 fully saturated rings. The molecule has 0 radical (unpaired) electrons. The predicted molar refractivity (Wildman–Crippen MR) is 138 cm³/mol. The number of benzene rings is 2. The van der Waals surface area contributed by atoms with Crippen molar-refractivity contribution in [3.05, 3.63) is 66.7 Å². The summed E-state index contributed by atoms with van der Waals surface area (Å²) in [5.41, 5.74) is 6.03. The number of sulfone groups is 1. The minimum Gasteiger partial charge on any atom is -0.381 e. The number of likely N-dealkylation sites (tertiary alicyclic amines) is 1. The van der Waals surface area contributed by atoms with Gasteiger partial charge in [0.25, 0.3) is 0 Å². The molecule has 0 spiro atoms. The number of carbonyl (C=O) groups excluding carboxylic acids is 1. The first-order valence-corrected chi connectivity index (χ1v) is 13.8. The molecule has 3 N–H and O–H groups in total.